The fourth-order valence-corrected chi connectivity index (χ4v) is 5.09. The van der Waals surface area contributed by atoms with Gasteiger partial charge in [0.2, 0.25) is 9.84 Å². The van der Waals surface area contributed by atoms with Gasteiger partial charge < -0.3 is 10.6 Å². The number of hydrogen-bond donors (Lipinski definition) is 1. The van der Waals surface area contributed by atoms with Crippen molar-refractivity contribution in [2.45, 2.75) is 22.6 Å². The fraction of sp³-hybridized carbons (Fsp3) is 0.312. The first kappa shape index (κ1) is 18.0. The average molecular weight is 386 g/mol. The smallest absolute Gasteiger partial charge is 0.336 e. The molecule has 2 atom stereocenters. The number of thiophene rings is 1. The van der Waals surface area contributed by atoms with Crippen LogP contribution >= 0.6 is 11.3 Å². The molecule has 0 saturated carbocycles. The molecule has 1 aliphatic heterocycles. The van der Waals surface area contributed by atoms with Gasteiger partial charge >= 0.3 is 5.76 Å². The molecule has 2 aromatic rings. The van der Waals surface area contributed by atoms with Gasteiger partial charge in [-0.25, -0.2) is 8.42 Å². The highest BCUT2D eigenvalue weighted by Gasteiger charge is 2.38. The van der Waals surface area contributed by atoms with Crippen LogP contribution in [0.3, 0.4) is 0 Å². The molecule has 2 N–H and O–H groups in total. The molecule has 9 heteroatoms. The Hall–Kier alpha value is -1.84. The number of benzene rings is 1. The number of halogens is 2. The molecule has 0 radical (unpaired) electrons. The van der Waals surface area contributed by atoms with Crippen LogP contribution < -0.4 is 5.73 Å². The number of amides is 1. The Bertz CT molecular complexity index is 869. The summed E-state index contributed by atoms with van der Waals surface area (Å²) in [5.74, 6) is -4.23. The van der Waals surface area contributed by atoms with Crippen molar-refractivity contribution < 1.29 is 22.0 Å². The summed E-state index contributed by atoms with van der Waals surface area (Å²) in [6.45, 7) is 0.556. The van der Waals surface area contributed by atoms with Crippen LogP contribution in [-0.2, 0) is 9.84 Å². The highest BCUT2D eigenvalue weighted by atomic mass is 32.2. The molecule has 2 heterocycles. The van der Waals surface area contributed by atoms with Crippen LogP contribution in [0.15, 0.2) is 46.7 Å². The van der Waals surface area contributed by atoms with E-state index in [1.807, 2.05) is 30.3 Å². The van der Waals surface area contributed by atoms with Crippen molar-refractivity contribution in [1.82, 2.24) is 4.90 Å². The van der Waals surface area contributed by atoms with E-state index in [0.29, 0.717) is 6.54 Å². The standard InChI is InChI=1S/C16H16F2N2O3S2/c17-16(18)25(22,23)13-6-7-24-14(13)15(21)20-8-11(12(19)9-20)10-4-2-1-3-5-10/h1-7,11-12,16H,8-9,19H2/t11-,12+/m0/s1. The van der Waals surface area contributed by atoms with E-state index in [0.717, 1.165) is 23.0 Å². The maximum atomic E-state index is 12.8. The Balaban J connectivity index is 1.86. The summed E-state index contributed by atoms with van der Waals surface area (Å²) in [6, 6.07) is 10.2. The molecule has 1 saturated heterocycles. The van der Waals surface area contributed by atoms with Crippen molar-refractivity contribution in [2.24, 2.45) is 5.73 Å². The van der Waals surface area contributed by atoms with Crippen molar-refractivity contribution in [3.63, 3.8) is 0 Å². The first-order valence-electron chi connectivity index (χ1n) is 7.51. The lowest BCUT2D eigenvalue weighted by Crippen LogP contribution is -2.32. The van der Waals surface area contributed by atoms with E-state index in [1.54, 1.807) is 0 Å². The van der Waals surface area contributed by atoms with Crippen LogP contribution in [0.2, 0.25) is 0 Å². The second kappa shape index (κ2) is 6.81. The molecule has 1 fully saturated rings. The van der Waals surface area contributed by atoms with Crippen LogP contribution in [-0.4, -0.2) is 44.1 Å². The summed E-state index contributed by atoms with van der Waals surface area (Å²) in [5.41, 5.74) is 7.12. The third-order valence-corrected chi connectivity index (χ3v) is 6.70. The molecule has 1 aliphatic rings. The Morgan fingerprint density at radius 2 is 1.88 bits per heavy atom. The van der Waals surface area contributed by atoms with E-state index in [2.05, 4.69) is 0 Å². The van der Waals surface area contributed by atoms with E-state index in [-0.39, 0.29) is 23.4 Å². The lowest BCUT2D eigenvalue weighted by Gasteiger charge is -2.16. The Labute approximate surface area is 148 Å². The van der Waals surface area contributed by atoms with Crippen LogP contribution in [0.4, 0.5) is 8.78 Å². The molecule has 25 heavy (non-hydrogen) atoms. The number of carbonyl (C=O) groups is 1. The van der Waals surface area contributed by atoms with Gasteiger partial charge in [-0.2, -0.15) is 8.78 Å². The third-order valence-electron chi connectivity index (χ3n) is 4.24. The number of rotatable bonds is 4. The van der Waals surface area contributed by atoms with Gasteiger partial charge in [0.25, 0.3) is 5.91 Å². The van der Waals surface area contributed by atoms with Gasteiger partial charge in [0, 0.05) is 25.0 Å². The zero-order valence-corrected chi connectivity index (χ0v) is 14.6. The quantitative estimate of drug-likeness (QED) is 0.874. The van der Waals surface area contributed by atoms with E-state index >= 15 is 0 Å². The van der Waals surface area contributed by atoms with Gasteiger partial charge in [0.05, 0.1) is 4.90 Å². The van der Waals surface area contributed by atoms with Crippen LogP contribution in [0, 0.1) is 0 Å². The van der Waals surface area contributed by atoms with E-state index in [9.17, 15) is 22.0 Å². The van der Waals surface area contributed by atoms with E-state index < -0.39 is 26.4 Å². The SMILES string of the molecule is N[C@@H]1CN(C(=O)c2sccc2S(=O)(=O)C(F)F)C[C@H]1c1ccccc1. The fourth-order valence-electron chi connectivity index (χ4n) is 2.96. The number of sulfone groups is 1. The maximum absolute atomic E-state index is 12.8. The highest BCUT2D eigenvalue weighted by Crippen LogP contribution is 2.32. The van der Waals surface area contributed by atoms with Gasteiger partial charge in [-0.1, -0.05) is 30.3 Å². The van der Waals surface area contributed by atoms with Crippen molar-refractivity contribution in [2.75, 3.05) is 13.1 Å². The van der Waals surface area contributed by atoms with Gasteiger partial charge in [0.1, 0.15) is 4.88 Å². The molecule has 0 spiro atoms. The molecule has 1 aromatic carbocycles. The molecule has 0 unspecified atom stereocenters. The summed E-state index contributed by atoms with van der Waals surface area (Å²) in [5, 5.41) is 1.33. The average Bonchev–Trinajstić information content (AvgIpc) is 3.22. The normalized spacial score (nSPS) is 21.0. The number of likely N-dealkylation sites (tertiary alicyclic amines) is 1. The number of alkyl halides is 2. The summed E-state index contributed by atoms with van der Waals surface area (Å²) in [6.07, 6.45) is 0. The van der Waals surface area contributed by atoms with Crippen molar-refractivity contribution in [1.29, 1.82) is 0 Å². The molecule has 134 valence electrons. The van der Waals surface area contributed by atoms with Gasteiger partial charge in [-0.05, 0) is 17.0 Å². The molecule has 0 bridgehead atoms. The lowest BCUT2D eigenvalue weighted by molar-refractivity contribution is 0.0790. The Morgan fingerprint density at radius 3 is 2.52 bits per heavy atom. The topological polar surface area (TPSA) is 80.5 Å². The van der Waals surface area contributed by atoms with Gasteiger partial charge in [-0.15, -0.1) is 11.3 Å². The monoisotopic (exact) mass is 386 g/mol. The van der Waals surface area contributed by atoms with Crippen LogP contribution in [0.25, 0.3) is 0 Å². The molecular formula is C16H16F2N2O3S2. The Kier molecular flexibility index (Phi) is 4.90. The Morgan fingerprint density at radius 1 is 1.20 bits per heavy atom. The highest BCUT2D eigenvalue weighted by molar-refractivity contribution is 7.92. The summed E-state index contributed by atoms with van der Waals surface area (Å²) in [7, 11) is -4.82. The van der Waals surface area contributed by atoms with Crippen LogP contribution in [0.5, 0.6) is 0 Å². The predicted octanol–water partition coefficient (Wildman–Crippen LogP) is 2.31. The molecule has 5 nitrogen and oxygen atoms in total. The zero-order valence-electron chi connectivity index (χ0n) is 13.0. The molecule has 0 aliphatic carbocycles. The first-order chi connectivity index (χ1) is 11.8. The second-order valence-electron chi connectivity index (χ2n) is 5.81. The minimum atomic E-state index is -4.82. The third kappa shape index (κ3) is 3.31. The summed E-state index contributed by atoms with van der Waals surface area (Å²) >= 11 is 0.843. The number of nitrogens with two attached hydrogens (primary N) is 1. The molecule has 1 aromatic heterocycles. The van der Waals surface area contributed by atoms with E-state index in [4.69, 9.17) is 5.73 Å². The van der Waals surface area contributed by atoms with Crippen molar-refractivity contribution in [3.8, 4) is 0 Å². The summed E-state index contributed by atoms with van der Waals surface area (Å²) in [4.78, 5) is 13.3. The van der Waals surface area contributed by atoms with Crippen molar-refractivity contribution in [3.05, 3.63) is 52.2 Å². The van der Waals surface area contributed by atoms with E-state index in [1.165, 1.54) is 10.3 Å². The minimum Gasteiger partial charge on any atom is -0.336 e. The largest absolute Gasteiger partial charge is 0.341 e. The first-order valence-corrected chi connectivity index (χ1v) is 9.94. The lowest BCUT2D eigenvalue weighted by atomic mass is 9.95. The maximum Gasteiger partial charge on any atom is 0.341 e. The van der Waals surface area contributed by atoms with Gasteiger partial charge in [0.15, 0.2) is 0 Å². The predicted molar refractivity (Wildman–Crippen MR) is 90.6 cm³/mol. The molecule has 3 rings (SSSR count). The summed E-state index contributed by atoms with van der Waals surface area (Å²) < 4.78 is 49.1. The van der Waals surface area contributed by atoms with Crippen LogP contribution in [0.1, 0.15) is 21.2 Å². The molecule has 1 amide bonds. The second-order valence-corrected chi connectivity index (χ2v) is 8.61. The van der Waals surface area contributed by atoms with Gasteiger partial charge in [-0.3, -0.25) is 4.79 Å². The number of nitrogens with zero attached hydrogens (tertiary/aromatic N) is 1. The number of hydrogen-bond acceptors (Lipinski definition) is 5. The number of carbonyl (C=O) groups excluding carboxylic acids is 1. The minimum absolute atomic E-state index is 0.0831. The van der Waals surface area contributed by atoms with Crippen molar-refractivity contribution >= 4 is 27.1 Å². The molecular weight excluding hydrogens is 370 g/mol. The zero-order chi connectivity index (χ0) is 18.2.